The van der Waals surface area contributed by atoms with Gasteiger partial charge in [-0.05, 0) is 37.1 Å². The van der Waals surface area contributed by atoms with Gasteiger partial charge in [0.2, 0.25) is 5.91 Å². The quantitative estimate of drug-likeness (QED) is 0.851. The maximum atomic E-state index is 12.6. The van der Waals surface area contributed by atoms with Gasteiger partial charge in [-0.1, -0.05) is 30.3 Å². The van der Waals surface area contributed by atoms with Gasteiger partial charge in [-0.2, -0.15) is 0 Å². The van der Waals surface area contributed by atoms with Crippen LogP contribution in [0.4, 0.5) is 17.1 Å². The molecule has 0 unspecified atom stereocenters. The summed E-state index contributed by atoms with van der Waals surface area (Å²) >= 11 is 0. The average Bonchev–Trinajstić information content (AvgIpc) is 2.59. The molecule has 1 amide bonds. The van der Waals surface area contributed by atoms with Gasteiger partial charge >= 0.3 is 0 Å². The van der Waals surface area contributed by atoms with Gasteiger partial charge in [0.1, 0.15) is 0 Å². The Labute approximate surface area is 119 Å². The number of carbonyl (C=O) groups excluding carboxylic acids is 1. The Morgan fingerprint density at radius 1 is 1.00 bits per heavy atom. The molecule has 0 saturated carbocycles. The Balaban J connectivity index is 2.23. The molecule has 3 rings (SSSR count). The van der Waals surface area contributed by atoms with Gasteiger partial charge < -0.3 is 5.32 Å². The second-order valence-corrected chi connectivity index (χ2v) is 5.16. The van der Waals surface area contributed by atoms with Crippen molar-refractivity contribution in [3.05, 3.63) is 53.6 Å². The summed E-state index contributed by atoms with van der Waals surface area (Å²) in [5.74, 6) is 0.139. The van der Waals surface area contributed by atoms with Crippen LogP contribution in [-0.4, -0.2) is 12.5 Å². The van der Waals surface area contributed by atoms with E-state index in [4.69, 9.17) is 0 Å². The zero-order chi connectivity index (χ0) is 14.1. The molecule has 0 bridgehead atoms. The summed E-state index contributed by atoms with van der Waals surface area (Å²) in [4.78, 5) is 14.4. The number of fused-ring (bicyclic) bond motifs is 1. The number of aryl methyl sites for hydroxylation is 2. The Kier molecular flexibility index (Phi) is 3.18. The van der Waals surface area contributed by atoms with Crippen LogP contribution in [-0.2, 0) is 4.79 Å². The predicted molar refractivity (Wildman–Crippen MR) is 82.6 cm³/mol. The molecule has 1 heterocycles. The number of hydrogen-bond acceptors (Lipinski definition) is 2. The smallest absolute Gasteiger partial charge is 0.233 e. The van der Waals surface area contributed by atoms with Gasteiger partial charge in [0.15, 0.2) is 0 Å². The first kappa shape index (κ1) is 12.7. The van der Waals surface area contributed by atoms with E-state index >= 15 is 0 Å². The third-order valence-corrected chi connectivity index (χ3v) is 3.71. The Hall–Kier alpha value is -2.29. The lowest BCUT2D eigenvalue weighted by atomic mass is 10.1. The topological polar surface area (TPSA) is 32.3 Å². The maximum Gasteiger partial charge on any atom is 0.233 e. The summed E-state index contributed by atoms with van der Waals surface area (Å²) in [5.41, 5.74) is 5.20. The van der Waals surface area contributed by atoms with E-state index in [1.165, 1.54) is 0 Å². The van der Waals surface area contributed by atoms with E-state index in [2.05, 4.69) is 31.3 Å². The van der Waals surface area contributed by atoms with Crippen molar-refractivity contribution in [2.45, 2.75) is 20.3 Å². The van der Waals surface area contributed by atoms with Crippen molar-refractivity contribution in [3.63, 3.8) is 0 Å². The van der Waals surface area contributed by atoms with Gasteiger partial charge in [-0.25, -0.2) is 0 Å². The fourth-order valence-corrected chi connectivity index (χ4v) is 2.77. The summed E-state index contributed by atoms with van der Waals surface area (Å²) < 4.78 is 0. The standard InChI is InChI=1S/C17H18N2O/c1-12-6-5-7-13(2)17(12)19-15-9-4-3-8-14(15)18-11-10-16(19)20/h3-9,18H,10-11H2,1-2H3. The maximum absolute atomic E-state index is 12.6. The lowest BCUT2D eigenvalue weighted by Crippen LogP contribution is -2.26. The van der Waals surface area contributed by atoms with E-state index in [9.17, 15) is 4.79 Å². The van der Waals surface area contributed by atoms with E-state index in [0.717, 1.165) is 28.2 Å². The number of nitrogens with one attached hydrogen (secondary N) is 1. The molecule has 20 heavy (non-hydrogen) atoms. The molecule has 0 aliphatic carbocycles. The van der Waals surface area contributed by atoms with E-state index in [0.29, 0.717) is 13.0 Å². The van der Waals surface area contributed by atoms with Crippen LogP contribution in [0.15, 0.2) is 42.5 Å². The summed E-state index contributed by atoms with van der Waals surface area (Å²) in [6, 6.07) is 14.1. The third kappa shape index (κ3) is 2.05. The van der Waals surface area contributed by atoms with Gasteiger partial charge in [0.05, 0.1) is 17.1 Å². The van der Waals surface area contributed by atoms with Crippen molar-refractivity contribution in [2.24, 2.45) is 0 Å². The van der Waals surface area contributed by atoms with Crippen molar-refractivity contribution < 1.29 is 4.79 Å². The molecule has 1 aliphatic rings. The summed E-state index contributed by atoms with van der Waals surface area (Å²) in [7, 11) is 0. The average molecular weight is 266 g/mol. The number of nitrogens with zero attached hydrogens (tertiary/aromatic N) is 1. The molecule has 0 atom stereocenters. The van der Waals surface area contributed by atoms with Crippen molar-refractivity contribution in [3.8, 4) is 0 Å². The Bertz CT molecular complexity index is 644. The number of anilines is 3. The second kappa shape index (κ2) is 5.00. The fourth-order valence-electron chi connectivity index (χ4n) is 2.77. The molecule has 0 spiro atoms. The highest BCUT2D eigenvalue weighted by Gasteiger charge is 2.25. The van der Waals surface area contributed by atoms with Crippen molar-refractivity contribution in [2.75, 3.05) is 16.8 Å². The monoisotopic (exact) mass is 266 g/mol. The largest absolute Gasteiger partial charge is 0.383 e. The summed E-state index contributed by atoms with van der Waals surface area (Å²) in [6.07, 6.45) is 0.502. The number of benzene rings is 2. The molecule has 0 radical (unpaired) electrons. The summed E-state index contributed by atoms with van der Waals surface area (Å²) in [5, 5.41) is 3.33. The molecule has 102 valence electrons. The first-order valence-electron chi connectivity index (χ1n) is 6.90. The highest BCUT2D eigenvalue weighted by atomic mass is 16.2. The number of para-hydroxylation sites is 3. The molecule has 0 saturated heterocycles. The van der Waals surface area contributed by atoms with E-state index < -0.39 is 0 Å². The Morgan fingerprint density at radius 3 is 2.45 bits per heavy atom. The molecule has 2 aromatic carbocycles. The molecule has 0 fully saturated rings. The molecule has 1 N–H and O–H groups in total. The molecular formula is C17H18N2O. The van der Waals surface area contributed by atoms with Crippen LogP contribution in [0.5, 0.6) is 0 Å². The van der Waals surface area contributed by atoms with Crippen LogP contribution in [0.1, 0.15) is 17.5 Å². The number of hydrogen-bond donors (Lipinski definition) is 1. The first-order valence-corrected chi connectivity index (χ1v) is 6.90. The van der Waals surface area contributed by atoms with E-state index in [-0.39, 0.29) is 5.91 Å². The van der Waals surface area contributed by atoms with E-state index in [1.807, 2.05) is 35.2 Å². The van der Waals surface area contributed by atoms with Gasteiger partial charge in [0, 0.05) is 13.0 Å². The van der Waals surface area contributed by atoms with Gasteiger partial charge in [0.25, 0.3) is 0 Å². The van der Waals surface area contributed by atoms with Gasteiger partial charge in [-0.3, -0.25) is 9.69 Å². The highest BCUT2D eigenvalue weighted by molar-refractivity contribution is 6.05. The first-order chi connectivity index (χ1) is 9.68. The molecule has 1 aliphatic heterocycles. The van der Waals surface area contributed by atoms with Crippen molar-refractivity contribution in [1.82, 2.24) is 0 Å². The van der Waals surface area contributed by atoms with Crippen LogP contribution in [0.25, 0.3) is 0 Å². The van der Waals surface area contributed by atoms with E-state index in [1.54, 1.807) is 0 Å². The minimum atomic E-state index is 0.139. The lowest BCUT2D eigenvalue weighted by molar-refractivity contribution is -0.117. The SMILES string of the molecule is Cc1cccc(C)c1N1C(=O)CCNc2ccccc21. The van der Waals surface area contributed by atoms with Crippen LogP contribution in [0.3, 0.4) is 0 Å². The van der Waals surface area contributed by atoms with Crippen molar-refractivity contribution in [1.29, 1.82) is 0 Å². The van der Waals surface area contributed by atoms with Crippen molar-refractivity contribution >= 4 is 23.0 Å². The third-order valence-electron chi connectivity index (χ3n) is 3.71. The lowest BCUT2D eigenvalue weighted by Gasteiger charge is -2.26. The Morgan fingerprint density at radius 2 is 1.70 bits per heavy atom. The van der Waals surface area contributed by atoms with Crippen LogP contribution >= 0.6 is 0 Å². The highest BCUT2D eigenvalue weighted by Crippen LogP contribution is 2.37. The minimum Gasteiger partial charge on any atom is -0.383 e. The molecule has 3 nitrogen and oxygen atoms in total. The molecule has 3 heteroatoms. The molecule has 0 aromatic heterocycles. The fraction of sp³-hybridized carbons (Fsp3) is 0.235. The predicted octanol–water partition coefficient (Wildman–Crippen LogP) is 3.78. The van der Waals surface area contributed by atoms with Crippen LogP contribution < -0.4 is 10.2 Å². The normalized spacial score (nSPS) is 14.5. The van der Waals surface area contributed by atoms with Crippen LogP contribution in [0, 0.1) is 13.8 Å². The zero-order valence-corrected chi connectivity index (χ0v) is 11.8. The van der Waals surface area contributed by atoms with Crippen LogP contribution in [0.2, 0.25) is 0 Å². The number of amides is 1. The zero-order valence-electron chi connectivity index (χ0n) is 11.8. The minimum absolute atomic E-state index is 0.139. The second-order valence-electron chi connectivity index (χ2n) is 5.16. The summed E-state index contributed by atoms with van der Waals surface area (Å²) in [6.45, 7) is 4.78. The number of rotatable bonds is 1. The molecular weight excluding hydrogens is 248 g/mol. The molecule has 2 aromatic rings. The van der Waals surface area contributed by atoms with Gasteiger partial charge in [-0.15, -0.1) is 0 Å². The number of carbonyl (C=O) groups is 1.